The van der Waals surface area contributed by atoms with E-state index >= 15 is 0 Å². The van der Waals surface area contributed by atoms with Crippen molar-refractivity contribution in [1.29, 1.82) is 0 Å². The molecule has 1 aromatic carbocycles. The molecular formula is C12H15NO4. The minimum Gasteiger partial charge on any atom is -0.463 e. The fourth-order valence-electron chi connectivity index (χ4n) is 1.55. The van der Waals surface area contributed by atoms with E-state index in [1.807, 2.05) is 6.07 Å². The zero-order chi connectivity index (χ0) is 12.7. The van der Waals surface area contributed by atoms with E-state index in [1.54, 1.807) is 31.2 Å². The Bertz CT molecular complexity index is 366. The first kappa shape index (κ1) is 13.2. The number of carboxylic acid groups (broad SMARTS) is 1. The number of amides is 1. The number of nitrogens with zero attached hydrogens (tertiary/aromatic N) is 1. The molecule has 17 heavy (non-hydrogen) atoms. The van der Waals surface area contributed by atoms with Crippen LogP contribution in [0, 0.1) is 0 Å². The molecule has 0 spiro atoms. The number of hydrogen-bond donors (Lipinski definition) is 1. The molecule has 1 unspecified atom stereocenters. The van der Waals surface area contributed by atoms with Gasteiger partial charge in [-0.05, 0) is 12.5 Å². The third-order valence-electron chi connectivity index (χ3n) is 2.24. The molecule has 0 aliphatic carbocycles. The van der Waals surface area contributed by atoms with Gasteiger partial charge in [-0.2, -0.15) is 5.06 Å². The Balaban J connectivity index is 2.97. The molecule has 1 atom stereocenters. The van der Waals surface area contributed by atoms with E-state index in [4.69, 9.17) is 9.94 Å². The highest BCUT2D eigenvalue weighted by molar-refractivity contribution is 5.65. The van der Waals surface area contributed by atoms with Crippen molar-refractivity contribution < 1.29 is 19.5 Å². The summed E-state index contributed by atoms with van der Waals surface area (Å²) in [5, 5.41) is 9.87. The molecule has 1 amide bonds. The van der Waals surface area contributed by atoms with Crippen molar-refractivity contribution in [2.75, 3.05) is 6.61 Å². The average Bonchev–Trinajstić information content (AvgIpc) is 2.34. The summed E-state index contributed by atoms with van der Waals surface area (Å²) in [5.74, 6) is 0. The molecule has 1 N–H and O–H groups in total. The summed E-state index contributed by atoms with van der Waals surface area (Å²) < 4.78 is 0. The fourth-order valence-corrected chi connectivity index (χ4v) is 1.55. The van der Waals surface area contributed by atoms with Gasteiger partial charge >= 0.3 is 6.09 Å². The normalized spacial score (nSPS) is 11.8. The van der Waals surface area contributed by atoms with Crippen molar-refractivity contribution in [2.24, 2.45) is 0 Å². The maximum atomic E-state index is 11.1. The van der Waals surface area contributed by atoms with Crippen LogP contribution in [0.5, 0.6) is 0 Å². The minimum absolute atomic E-state index is 0.0658. The fraction of sp³-hybridized carbons (Fsp3) is 0.333. The number of benzene rings is 1. The molecule has 1 aromatic rings. The van der Waals surface area contributed by atoms with E-state index in [0.29, 0.717) is 6.29 Å². The highest BCUT2D eigenvalue weighted by atomic mass is 16.7. The molecule has 92 valence electrons. The van der Waals surface area contributed by atoms with Gasteiger partial charge in [0.05, 0.1) is 12.6 Å². The van der Waals surface area contributed by atoms with Gasteiger partial charge in [-0.1, -0.05) is 30.3 Å². The van der Waals surface area contributed by atoms with E-state index in [9.17, 15) is 9.59 Å². The summed E-state index contributed by atoms with van der Waals surface area (Å²) in [7, 11) is 0. The van der Waals surface area contributed by atoms with Crippen LogP contribution in [-0.4, -0.2) is 29.2 Å². The van der Waals surface area contributed by atoms with Gasteiger partial charge < -0.3 is 9.90 Å². The number of carbonyl (C=O) groups is 2. The highest BCUT2D eigenvalue weighted by Crippen LogP contribution is 2.23. The first-order chi connectivity index (χ1) is 8.20. The van der Waals surface area contributed by atoms with Crippen LogP contribution in [0.15, 0.2) is 30.3 Å². The number of hydroxylamine groups is 2. The van der Waals surface area contributed by atoms with Crippen molar-refractivity contribution in [1.82, 2.24) is 5.06 Å². The molecule has 0 radical (unpaired) electrons. The van der Waals surface area contributed by atoms with Crippen molar-refractivity contribution >= 4 is 12.4 Å². The second-order valence-corrected chi connectivity index (χ2v) is 3.35. The van der Waals surface area contributed by atoms with Crippen LogP contribution in [0.2, 0.25) is 0 Å². The molecule has 1 rings (SSSR count). The van der Waals surface area contributed by atoms with Gasteiger partial charge in [0.2, 0.25) is 0 Å². The van der Waals surface area contributed by atoms with Crippen LogP contribution >= 0.6 is 0 Å². The summed E-state index contributed by atoms with van der Waals surface area (Å²) >= 11 is 0. The first-order valence-corrected chi connectivity index (χ1v) is 5.34. The van der Waals surface area contributed by atoms with Gasteiger partial charge in [-0.25, -0.2) is 4.79 Å². The quantitative estimate of drug-likeness (QED) is 0.608. The SMILES string of the molecule is CCON(C(=O)O)C(CC=O)c1ccccc1. The Morgan fingerprint density at radius 2 is 2.12 bits per heavy atom. The highest BCUT2D eigenvalue weighted by Gasteiger charge is 2.25. The number of carbonyl (C=O) groups excluding carboxylic acids is 1. The maximum Gasteiger partial charge on any atom is 0.432 e. The summed E-state index contributed by atoms with van der Waals surface area (Å²) in [4.78, 5) is 26.8. The largest absolute Gasteiger partial charge is 0.463 e. The summed E-state index contributed by atoms with van der Waals surface area (Å²) in [6.45, 7) is 1.92. The van der Waals surface area contributed by atoms with Crippen molar-refractivity contribution in [3.63, 3.8) is 0 Å². The molecule has 0 aliphatic heterocycles. The van der Waals surface area contributed by atoms with Gasteiger partial charge in [0.25, 0.3) is 0 Å². The average molecular weight is 237 g/mol. The standard InChI is InChI=1S/C12H15NO4/c1-2-17-13(12(15)16)11(8-9-14)10-6-4-3-5-7-10/h3-7,9,11H,2,8H2,1H3,(H,15,16). The second kappa shape index (κ2) is 6.65. The Hall–Kier alpha value is -1.88. The number of rotatable bonds is 6. The monoisotopic (exact) mass is 237 g/mol. The molecule has 0 aromatic heterocycles. The molecule has 5 heteroatoms. The van der Waals surface area contributed by atoms with E-state index in [0.717, 1.165) is 10.6 Å². The van der Waals surface area contributed by atoms with E-state index in [-0.39, 0.29) is 13.0 Å². The minimum atomic E-state index is -1.21. The Labute approximate surface area is 99.6 Å². The van der Waals surface area contributed by atoms with Gasteiger partial charge in [0.15, 0.2) is 0 Å². The van der Waals surface area contributed by atoms with Crippen LogP contribution in [0.4, 0.5) is 4.79 Å². The predicted octanol–water partition coefficient (Wildman–Crippen LogP) is 2.25. The number of hydrogen-bond acceptors (Lipinski definition) is 3. The molecule has 5 nitrogen and oxygen atoms in total. The molecule has 0 bridgehead atoms. The lowest BCUT2D eigenvalue weighted by Gasteiger charge is -2.26. The molecule has 0 saturated carbocycles. The lowest BCUT2D eigenvalue weighted by Crippen LogP contribution is -2.34. The lowest BCUT2D eigenvalue weighted by molar-refractivity contribution is -0.157. The second-order valence-electron chi connectivity index (χ2n) is 3.35. The topological polar surface area (TPSA) is 66.8 Å². The van der Waals surface area contributed by atoms with Crippen LogP contribution < -0.4 is 0 Å². The molecule has 0 aliphatic rings. The summed E-state index contributed by atoms with van der Waals surface area (Å²) in [6, 6.07) is 8.34. The predicted molar refractivity (Wildman–Crippen MR) is 61.4 cm³/mol. The Morgan fingerprint density at radius 1 is 1.47 bits per heavy atom. The first-order valence-electron chi connectivity index (χ1n) is 5.34. The van der Waals surface area contributed by atoms with Crippen molar-refractivity contribution in [3.8, 4) is 0 Å². The smallest absolute Gasteiger partial charge is 0.432 e. The zero-order valence-corrected chi connectivity index (χ0v) is 9.57. The van der Waals surface area contributed by atoms with E-state index in [2.05, 4.69) is 0 Å². The molecular weight excluding hydrogens is 222 g/mol. The Morgan fingerprint density at radius 3 is 2.59 bits per heavy atom. The van der Waals surface area contributed by atoms with Crippen molar-refractivity contribution in [2.45, 2.75) is 19.4 Å². The van der Waals surface area contributed by atoms with Gasteiger partial charge in [0, 0.05) is 6.42 Å². The third-order valence-corrected chi connectivity index (χ3v) is 2.24. The summed E-state index contributed by atoms with van der Waals surface area (Å²) in [6.07, 6.45) is -0.453. The number of aldehydes is 1. The third kappa shape index (κ3) is 3.57. The van der Waals surface area contributed by atoms with Crippen molar-refractivity contribution in [3.05, 3.63) is 35.9 Å². The van der Waals surface area contributed by atoms with Crippen LogP contribution in [0.25, 0.3) is 0 Å². The van der Waals surface area contributed by atoms with Gasteiger partial charge in [-0.15, -0.1) is 0 Å². The van der Waals surface area contributed by atoms with Crippen LogP contribution in [0.3, 0.4) is 0 Å². The zero-order valence-electron chi connectivity index (χ0n) is 9.57. The van der Waals surface area contributed by atoms with Gasteiger partial charge in [-0.3, -0.25) is 4.84 Å². The molecule has 0 saturated heterocycles. The molecule has 0 heterocycles. The Kier molecular flexibility index (Phi) is 5.16. The molecule has 0 fully saturated rings. The summed E-state index contributed by atoms with van der Waals surface area (Å²) in [5.41, 5.74) is 0.732. The van der Waals surface area contributed by atoms with Gasteiger partial charge in [0.1, 0.15) is 6.29 Å². The van der Waals surface area contributed by atoms with Crippen LogP contribution in [-0.2, 0) is 9.63 Å². The lowest BCUT2D eigenvalue weighted by atomic mass is 10.0. The van der Waals surface area contributed by atoms with E-state index < -0.39 is 12.1 Å². The van der Waals surface area contributed by atoms with E-state index in [1.165, 1.54) is 0 Å². The maximum absolute atomic E-state index is 11.1. The van der Waals surface area contributed by atoms with Crippen LogP contribution in [0.1, 0.15) is 24.9 Å².